The summed E-state index contributed by atoms with van der Waals surface area (Å²) in [5.41, 5.74) is 3.22. The highest BCUT2D eigenvalue weighted by molar-refractivity contribution is 7.99. The number of rotatable bonds is 6. The molecule has 29 heavy (non-hydrogen) atoms. The van der Waals surface area contributed by atoms with Crippen molar-refractivity contribution in [2.24, 2.45) is 0 Å². The summed E-state index contributed by atoms with van der Waals surface area (Å²) in [5.74, 6) is -0.0366. The summed E-state index contributed by atoms with van der Waals surface area (Å²) >= 11 is 7.59. The molecular formula is C19H16ClN7OS. The molecule has 2 heterocycles. The van der Waals surface area contributed by atoms with Crippen LogP contribution in [0.25, 0.3) is 11.4 Å². The Kier molecular flexibility index (Phi) is 5.59. The number of carbonyl (C=O) groups is 1. The fraction of sp³-hybridized carbons (Fsp3) is 0.105. The molecule has 0 aliphatic rings. The molecule has 0 fully saturated rings. The molecule has 0 atom stereocenters. The summed E-state index contributed by atoms with van der Waals surface area (Å²) in [6, 6.07) is 13.3. The van der Waals surface area contributed by atoms with Gasteiger partial charge in [0.1, 0.15) is 24.7 Å². The monoisotopic (exact) mass is 425 g/mol. The highest BCUT2D eigenvalue weighted by atomic mass is 35.5. The van der Waals surface area contributed by atoms with E-state index in [2.05, 4.69) is 25.6 Å². The van der Waals surface area contributed by atoms with Crippen molar-refractivity contribution < 1.29 is 4.79 Å². The van der Waals surface area contributed by atoms with E-state index in [9.17, 15) is 4.79 Å². The lowest BCUT2D eigenvalue weighted by atomic mass is 10.2. The highest BCUT2D eigenvalue weighted by Crippen LogP contribution is 2.28. The molecule has 0 saturated heterocycles. The number of nitrogens with zero attached hydrogens (tertiary/aromatic N) is 6. The fourth-order valence-corrected chi connectivity index (χ4v) is 3.68. The number of carbonyl (C=O) groups excluding carboxylic acids is 1. The van der Waals surface area contributed by atoms with Gasteiger partial charge in [-0.1, -0.05) is 47.1 Å². The van der Waals surface area contributed by atoms with Crippen molar-refractivity contribution in [3.8, 4) is 11.4 Å². The van der Waals surface area contributed by atoms with Gasteiger partial charge in [-0.15, -0.1) is 10.2 Å². The summed E-state index contributed by atoms with van der Waals surface area (Å²) in [6.07, 6.45) is 4.56. The third-order valence-electron chi connectivity index (χ3n) is 4.07. The van der Waals surface area contributed by atoms with Crippen LogP contribution in [0, 0.1) is 6.92 Å². The number of amides is 1. The van der Waals surface area contributed by atoms with E-state index < -0.39 is 0 Å². The first kappa shape index (κ1) is 19.2. The van der Waals surface area contributed by atoms with E-state index in [4.69, 9.17) is 11.6 Å². The van der Waals surface area contributed by atoms with Gasteiger partial charge >= 0.3 is 0 Å². The molecule has 4 rings (SSSR count). The Morgan fingerprint density at radius 2 is 2.00 bits per heavy atom. The number of benzene rings is 2. The Labute approximate surface area is 175 Å². The van der Waals surface area contributed by atoms with Crippen LogP contribution in [-0.4, -0.2) is 41.2 Å². The zero-order valence-electron chi connectivity index (χ0n) is 15.4. The minimum atomic E-state index is -0.197. The van der Waals surface area contributed by atoms with Crippen LogP contribution in [0.15, 0.2) is 66.6 Å². The van der Waals surface area contributed by atoms with Crippen LogP contribution in [0.1, 0.15) is 5.56 Å². The van der Waals surface area contributed by atoms with Gasteiger partial charge < -0.3 is 5.32 Å². The van der Waals surface area contributed by atoms with Crippen molar-refractivity contribution in [2.45, 2.75) is 12.1 Å². The van der Waals surface area contributed by atoms with Gasteiger partial charge in [-0.25, -0.2) is 9.67 Å². The Morgan fingerprint density at radius 3 is 2.76 bits per heavy atom. The smallest absolute Gasteiger partial charge is 0.234 e. The normalized spacial score (nSPS) is 10.8. The number of hydrogen-bond acceptors (Lipinski definition) is 6. The van der Waals surface area contributed by atoms with E-state index in [1.165, 1.54) is 34.7 Å². The SMILES string of the molecule is Cc1ccc(-n2cnnc2SCC(=O)Nc2cccc(Cl)c2-n2cncn2)cc1. The maximum atomic E-state index is 12.6. The second-order valence-corrected chi connectivity index (χ2v) is 7.48. The van der Waals surface area contributed by atoms with Crippen LogP contribution in [0.4, 0.5) is 5.69 Å². The first-order valence-corrected chi connectivity index (χ1v) is 10.0. The molecule has 1 N–H and O–H groups in total. The van der Waals surface area contributed by atoms with Gasteiger partial charge in [-0.05, 0) is 31.2 Å². The van der Waals surface area contributed by atoms with E-state index in [1.54, 1.807) is 24.5 Å². The Bertz CT molecular complexity index is 1130. The molecule has 146 valence electrons. The molecule has 0 bridgehead atoms. The van der Waals surface area contributed by atoms with Crippen molar-refractivity contribution in [1.29, 1.82) is 0 Å². The summed E-state index contributed by atoms with van der Waals surface area (Å²) in [6.45, 7) is 2.03. The molecule has 0 aliphatic heterocycles. The zero-order valence-corrected chi connectivity index (χ0v) is 16.9. The lowest BCUT2D eigenvalue weighted by Crippen LogP contribution is -2.16. The quantitative estimate of drug-likeness (QED) is 0.475. The van der Waals surface area contributed by atoms with Gasteiger partial charge in [0.05, 0.1) is 16.5 Å². The van der Waals surface area contributed by atoms with Crippen LogP contribution in [0.3, 0.4) is 0 Å². The van der Waals surface area contributed by atoms with Gasteiger partial charge in [0.2, 0.25) is 5.91 Å². The summed E-state index contributed by atoms with van der Waals surface area (Å²) in [7, 11) is 0. The second kappa shape index (κ2) is 8.46. The van der Waals surface area contributed by atoms with Crippen LogP contribution in [0.2, 0.25) is 5.02 Å². The maximum Gasteiger partial charge on any atom is 0.234 e. The third kappa shape index (κ3) is 4.30. The lowest BCUT2D eigenvalue weighted by molar-refractivity contribution is -0.113. The molecule has 2 aromatic carbocycles. The van der Waals surface area contributed by atoms with Crippen molar-refractivity contribution >= 4 is 35.0 Å². The molecule has 0 aliphatic carbocycles. The molecule has 0 spiro atoms. The van der Waals surface area contributed by atoms with Gasteiger partial charge in [0.15, 0.2) is 5.16 Å². The number of para-hydroxylation sites is 1. The lowest BCUT2D eigenvalue weighted by Gasteiger charge is -2.12. The molecule has 1 amide bonds. The van der Waals surface area contributed by atoms with E-state index in [1.807, 2.05) is 35.8 Å². The molecule has 4 aromatic rings. The van der Waals surface area contributed by atoms with Crippen LogP contribution in [-0.2, 0) is 4.79 Å². The number of anilines is 1. The number of hydrogen-bond donors (Lipinski definition) is 1. The summed E-state index contributed by atoms with van der Waals surface area (Å²) < 4.78 is 3.36. The van der Waals surface area contributed by atoms with Gasteiger partial charge in [0.25, 0.3) is 0 Å². The molecule has 0 radical (unpaired) electrons. The fourth-order valence-electron chi connectivity index (χ4n) is 2.69. The minimum Gasteiger partial charge on any atom is -0.323 e. The Hall–Kier alpha value is -3.17. The largest absolute Gasteiger partial charge is 0.323 e. The number of halogens is 1. The predicted molar refractivity (Wildman–Crippen MR) is 112 cm³/mol. The molecule has 10 heteroatoms. The zero-order chi connectivity index (χ0) is 20.2. The minimum absolute atomic E-state index is 0.161. The molecule has 0 saturated carbocycles. The van der Waals surface area contributed by atoms with E-state index in [-0.39, 0.29) is 11.7 Å². The van der Waals surface area contributed by atoms with Crippen LogP contribution < -0.4 is 5.32 Å². The topological polar surface area (TPSA) is 90.5 Å². The molecule has 2 aromatic heterocycles. The van der Waals surface area contributed by atoms with Gasteiger partial charge in [-0.2, -0.15) is 5.10 Å². The number of aryl methyl sites for hydroxylation is 1. The van der Waals surface area contributed by atoms with Crippen LogP contribution >= 0.6 is 23.4 Å². The highest BCUT2D eigenvalue weighted by Gasteiger charge is 2.14. The second-order valence-electron chi connectivity index (χ2n) is 6.13. The van der Waals surface area contributed by atoms with Crippen LogP contribution in [0.5, 0.6) is 0 Å². The van der Waals surface area contributed by atoms with Crippen molar-refractivity contribution in [3.05, 3.63) is 72.0 Å². The predicted octanol–water partition coefficient (Wildman–Crippen LogP) is 3.54. The van der Waals surface area contributed by atoms with Gasteiger partial charge in [-0.3, -0.25) is 9.36 Å². The summed E-state index contributed by atoms with van der Waals surface area (Å²) in [4.78, 5) is 16.5. The van der Waals surface area contributed by atoms with E-state index >= 15 is 0 Å². The van der Waals surface area contributed by atoms with Crippen molar-refractivity contribution in [2.75, 3.05) is 11.1 Å². The third-order valence-corrected chi connectivity index (χ3v) is 5.32. The number of nitrogens with one attached hydrogen (secondary N) is 1. The molecular weight excluding hydrogens is 410 g/mol. The average molecular weight is 426 g/mol. The number of aromatic nitrogens is 6. The number of thioether (sulfide) groups is 1. The molecule has 8 nitrogen and oxygen atoms in total. The Morgan fingerprint density at radius 1 is 1.17 bits per heavy atom. The molecule has 0 unspecified atom stereocenters. The maximum absolute atomic E-state index is 12.6. The van der Waals surface area contributed by atoms with E-state index in [0.717, 1.165) is 5.69 Å². The van der Waals surface area contributed by atoms with Gasteiger partial charge in [0, 0.05) is 5.69 Å². The Balaban J connectivity index is 1.47. The standard InChI is InChI=1S/C19H16ClN7OS/c1-13-5-7-14(8-6-13)26-12-22-25-19(26)29-9-17(28)24-16-4-2-3-15(20)18(16)27-11-21-10-23-27/h2-8,10-12H,9H2,1H3,(H,24,28). The van der Waals surface area contributed by atoms with E-state index in [0.29, 0.717) is 21.6 Å². The average Bonchev–Trinajstić information content (AvgIpc) is 3.39. The van der Waals surface area contributed by atoms with Crippen molar-refractivity contribution in [1.82, 2.24) is 29.5 Å². The summed E-state index contributed by atoms with van der Waals surface area (Å²) in [5, 5.41) is 16.1. The van der Waals surface area contributed by atoms with Crippen molar-refractivity contribution in [3.63, 3.8) is 0 Å². The first-order chi connectivity index (χ1) is 14.1. The first-order valence-electron chi connectivity index (χ1n) is 8.65.